The number of β-lactam (4-membered cyclic amide) rings is 1. The molecular formula is C17H21N7O3S. The Morgan fingerprint density at radius 1 is 1.43 bits per heavy atom. The van der Waals surface area contributed by atoms with E-state index in [2.05, 4.69) is 25.9 Å². The van der Waals surface area contributed by atoms with Gasteiger partial charge in [0.25, 0.3) is 0 Å². The minimum absolute atomic E-state index is 0.0790. The molecule has 10 nitrogen and oxygen atoms in total. The number of nitrogens with two attached hydrogens (primary N) is 1. The van der Waals surface area contributed by atoms with E-state index in [0.717, 1.165) is 5.56 Å². The Bertz CT molecular complexity index is 887. The van der Waals surface area contributed by atoms with Crippen LogP contribution in [0.3, 0.4) is 0 Å². The maximum Gasteiger partial charge on any atom is 0.249 e. The summed E-state index contributed by atoms with van der Waals surface area (Å²) < 4.78 is -0.327. The highest BCUT2D eigenvalue weighted by Gasteiger charge is 2.63. The van der Waals surface area contributed by atoms with Crippen LogP contribution < -0.4 is 11.1 Å². The molecule has 0 radical (unpaired) electrons. The molecule has 2 amide bonds. The first-order valence-electron chi connectivity index (χ1n) is 8.82. The van der Waals surface area contributed by atoms with E-state index in [0.29, 0.717) is 11.4 Å². The van der Waals surface area contributed by atoms with Crippen LogP contribution >= 0.6 is 11.8 Å². The van der Waals surface area contributed by atoms with Crippen LogP contribution in [-0.4, -0.2) is 58.6 Å². The molecule has 2 saturated heterocycles. The lowest BCUT2D eigenvalue weighted by Crippen LogP contribution is -2.68. The topological polar surface area (TPSA) is 150 Å². The van der Waals surface area contributed by atoms with Gasteiger partial charge in [0.05, 0.1) is 6.61 Å². The Balaban J connectivity index is 1.46. The van der Waals surface area contributed by atoms with Crippen molar-refractivity contribution in [3.8, 4) is 0 Å². The zero-order chi connectivity index (χ0) is 20.1. The molecule has 4 atom stereocenters. The Morgan fingerprint density at radius 2 is 2.14 bits per heavy atom. The van der Waals surface area contributed by atoms with Crippen molar-refractivity contribution in [2.24, 2.45) is 5.73 Å². The SMILES string of the molecule is CC1(C)S[C@@H]2C(NC(=O)[C@H](N)c3ccc(CO)cc3)C(=O)N2C1c1nn[nH]n1. The molecule has 0 saturated carbocycles. The van der Waals surface area contributed by atoms with Crippen LogP contribution in [0.5, 0.6) is 0 Å². The van der Waals surface area contributed by atoms with E-state index in [4.69, 9.17) is 10.8 Å². The number of carbonyl (C=O) groups excluding carboxylic acids is 2. The minimum atomic E-state index is -0.901. The minimum Gasteiger partial charge on any atom is -0.392 e. The van der Waals surface area contributed by atoms with Crippen LogP contribution in [0.15, 0.2) is 24.3 Å². The molecule has 4 rings (SSSR count). The quantitative estimate of drug-likeness (QED) is 0.493. The standard InChI is InChI=1S/C17H21N7O3S/c1-17(2)12(13-20-22-23-21-13)24-15(27)11(16(24)28-17)19-14(26)10(18)9-5-3-8(7-25)4-6-9/h3-6,10-12,16,25H,7,18H2,1-2H3,(H,19,26)(H,20,21,22,23)/t10-,11?,12?,16-/m1/s1. The lowest BCUT2D eigenvalue weighted by atomic mass is 9.95. The second-order valence-corrected chi connectivity index (χ2v) is 9.16. The highest BCUT2D eigenvalue weighted by Crippen LogP contribution is 2.56. The number of rotatable bonds is 5. The summed E-state index contributed by atoms with van der Waals surface area (Å²) in [7, 11) is 0. The van der Waals surface area contributed by atoms with E-state index in [-0.39, 0.29) is 28.7 Å². The predicted molar refractivity (Wildman–Crippen MR) is 100 cm³/mol. The summed E-state index contributed by atoms with van der Waals surface area (Å²) in [5.41, 5.74) is 7.41. The number of aromatic amines is 1. The second-order valence-electron chi connectivity index (χ2n) is 7.39. The second kappa shape index (κ2) is 6.83. The largest absolute Gasteiger partial charge is 0.392 e. The molecule has 2 fully saturated rings. The maximum atomic E-state index is 12.8. The van der Waals surface area contributed by atoms with E-state index in [9.17, 15) is 9.59 Å². The van der Waals surface area contributed by atoms with E-state index in [1.807, 2.05) is 13.8 Å². The van der Waals surface area contributed by atoms with Crippen molar-refractivity contribution in [3.63, 3.8) is 0 Å². The summed E-state index contributed by atoms with van der Waals surface area (Å²) >= 11 is 1.59. The van der Waals surface area contributed by atoms with Gasteiger partial charge in [-0.3, -0.25) is 9.59 Å². The number of aliphatic hydroxyl groups excluding tert-OH is 1. The maximum absolute atomic E-state index is 12.8. The van der Waals surface area contributed by atoms with E-state index in [1.54, 1.807) is 40.9 Å². The fourth-order valence-electron chi connectivity index (χ4n) is 3.67. The van der Waals surface area contributed by atoms with Crippen LogP contribution in [0.4, 0.5) is 0 Å². The monoisotopic (exact) mass is 403 g/mol. The van der Waals surface area contributed by atoms with Crippen LogP contribution in [0, 0.1) is 0 Å². The van der Waals surface area contributed by atoms with Crippen molar-refractivity contribution in [2.45, 2.75) is 48.7 Å². The Hall–Kier alpha value is -2.50. The molecule has 2 unspecified atom stereocenters. The van der Waals surface area contributed by atoms with Crippen LogP contribution in [0.1, 0.15) is 42.9 Å². The molecule has 1 aromatic heterocycles. The van der Waals surface area contributed by atoms with Crippen molar-refractivity contribution in [3.05, 3.63) is 41.2 Å². The van der Waals surface area contributed by atoms with E-state index < -0.39 is 18.0 Å². The average Bonchev–Trinajstić information content (AvgIpc) is 3.29. The smallest absolute Gasteiger partial charge is 0.249 e. The number of carbonyl (C=O) groups is 2. The average molecular weight is 403 g/mol. The third-order valence-corrected chi connectivity index (χ3v) is 6.72. The predicted octanol–water partition coefficient (Wildman–Crippen LogP) is -0.388. The van der Waals surface area contributed by atoms with Gasteiger partial charge in [-0.05, 0) is 25.0 Å². The first-order chi connectivity index (χ1) is 13.3. The van der Waals surface area contributed by atoms with Crippen molar-refractivity contribution in [1.82, 2.24) is 30.8 Å². The van der Waals surface area contributed by atoms with Gasteiger partial charge in [-0.15, -0.1) is 22.0 Å². The number of nitrogens with one attached hydrogen (secondary N) is 2. The number of fused-ring (bicyclic) bond motifs is 1. The Kier molecular flexibility index (Phi) is 4.60. The molecule has 148 valence electrons. The number of hydrogen-bond donors (Lipinski definition) is 4. The fourth-order valence-corrected chi connectivity index (χ4v) is 5.30. The molecule has 0 spiro atoms. The Labute approximate surface area is 165 Å². The summed E-state index contributed by atoms with van der Waals surface area (Å²) in [6.45, 7) is 3.94. The van der Waals surface area contributed by atoms with E-state index in [1.165, 1.54) is 0 Å². The number of thioether (sulfide) groups is 1. The van der Waals surface area contributed by atoms with Crippen molar-refractivity contribution in [2.75, 3.05) is 0 Å². The lowest BCUT2D eigenvalue weighted by molar-refractivity contribution is -0.152. The third-order valence-electron chi connectivity index (χ3n) is 5.15. The molecule has 3 heterocycles. The van der Waals surface area contributed by atoms with Gasteiger partial charge < -0.3 is 21.1 Å². The van der Waals surface area contributed by atoms with E-state index >= 15 is 0 Å². The summed E-state index contributed by atoms with van der Waals surface area (Å²) in [4.78, 5) is 27.1. The van der Waals surface area contributed by atoms with Gasteiger partial charge >= 0.3 is 0 Å². The molecular weight excluding hydrogens is 382 g/mol. The van der Waals surface area contributed by atoms with Gasteiger partial charge in [-0.2, -0.15) is 5.21 Å². The zero-order valence-corrected chi connectivity index (χ0v) is 16.2. The first-order valence-corrected chi connectivity index (χ1v) is 9.70. The molecule has 1 aromatic carbocycles. The first kappa shape index (κ1) is 18.8. The van der Waals surface area contributed by atoms with Gasteiger partial charge in [-0.1, -0.05) is 29.5 Å². The van der Waals surface area contributed by atoms with Gasteiger partial charge in [0, 0.05) is 4.75 Å². The number of benzene rings is 1. The summed E-state index contributed by atoms with van der Waals surface area (Å²) in [6, 6.07) is 4.96. The molecule has 0 bridgehead atoms. The van der Waals surface area contributed by atoms with Crippen molar-refractivity contribution in [1.29, 1.82) is 0 Å². The highest BCUT2D eigenvalue weighted by atomic mass is 32.2. The van der Waals surface area contributed by atoms with Gasteiger partial charge in [-0.25, -0.2) is 0 Å². The van der Waals surface area contributed by atoms with Crippen molar-refractivity contribution >= 4 is 23.6 Å². The normalized spacial score (nSPS) is 26.5. The molecule has 28 heavy (non-hydrogen) atoms. The van der Waals surface area contributed by atoms with Crippen LogP contribution in [-0.2, 0) is 16.2 Å². The van der Waals surface area contributed by atoms with Gasteiger partial charge in [0.1, 0.15) is 23.5 Å². The fraction of sp³-hybridized carbons (Fsp3) is 0.471. The Morgan fingerprint density at radius 3 is 2.75 bits per heavy atom. The number of H-pyrrole nitrogens is 1. The number of amides is 2. The van der Waals surface area contributed by atoms with Crippen LogP contribution in [0.25, 0.3) is 0 Å². The number of tetrazole rings is 1. The summed E-state index contributed by atoms with van der Waals surface area (Å²) in [6.07, 6.45) is 0. The molecule has 2 aliphatic rings. The molecule has 5 N–H and O–H groups in total. The number of aliphatic hydroxyl groups is 1. The molecule has 0 aliphatic carbocycles. The molecule has 2 aromatic rings. The number of hydrogen-bond acceptors (Lipinski definition) is 8. The highest BCUT2D eigenvalue weighted by molar-refractivity contribution is 8.01. The number of nitrogens with zero attached hydrogens (tertiary/aromatic N) is 4. The number of aromatic nitrogens is 4. The summed E-state index contributed by atoms with van der Waals surface area (Å²) in [5, 5.41) is 25.8. The van der Waals surface area contributed by atoms with Gasteiger partial charge in [0.2, 0.25) is 11.8 Å². The molecule has 11 heteroatoms. The summed E-state index contributed by atoms with van der Waals surface area (Å²) in [5.74, 6) is -0.149. The lowest BCUT2D eigenvalue weighted by Gasteiger charge is -2.44. The third kappa shape index (κ3) is 2.95. The van der Waals surface area contributed by atoms with Gasteiger partial charge in [0.15, 0.2) is 5.82 Å². The van der Waals surface area contributed by atoms with Crippen molar-refractivity contribution < 1.29 is 14.7 Å². The zero-order valence-electron chi connectivity index (χ0n) is 15.4. The van der Waals surface area contributed by atoms with Crippen LogP contribution in [0.2, 0.25) is 0 Å². The molecule has 2 aliphatic heterocycles.